The van der Waals surface area contributed by atoms with Crippen LogP contribution < -0.4 is 15.4 Å². The summed E-state index contributed by atoms with van der Waals surface area (Å²) in [5, 5.41) is 5.92. The number of hydrogen-bond donors (Lipinski definition) is 2. The maximum absolute atomic E-state index is 11.5. The topological polar surface area (TPSA) is 50.4 Å². The van der Waals surface area contributed by atoms with Crippen LogP contribution in [0.15, 0.2) is 22.7 Å². The quantitative estimate of drug-likeness (QED) is 0.844. The van der Waals surface area contributed by atoms with Crippen molar-refractivity contribution in [3.63, 3.8) is 0 Å². The number of hydrogen-bond acceptors (Lipinski definition) is 3. The zero-order chi connectivity index (χ0) is 14.4. The molecule has 5 heteroatoms. The molecule has 19 heavy (non-hydrogen) atoms. The fourth-order valence-corrected chi connectivity index (χ4v) is 2.17. The lowest BCUT2D eigenvalue weighted by molar-refractivity contribution is -0.126. The molecule has 2 unspecified atom stereocenters. The number of carbonyl (C=O) groups excluding carboxylic acids is 1. The van der Waals surface area contributed by atoms with Crippen molar-refractivity contribution in [2.24, 2.45) is 0 Å². The molecule has 0 aliphatic rings. The van der Waals surface area contributed by atoms with Crippen molar-refractivity contribution in [2.45, 2.75) is 32.9 Å². The second-order valence-corrected chi connectivity index (χ2v) is 5.25. The molecule has 2 atom stereocenters. The van der Waals surface area contributed by atoms with Crippen LogP contribution in [0.2, 0.25) is 0 Å². The molecule has 1 amide bonds. The van der Waals surface area contributed by atoms with Gasteiger partial charge >= 0.3 is 0 Å². The van der Waals surface area contributed by atoms with E-state index in [0.717, 1.165) is 22.3 Å². The van der Waals surface area contributed by atoms with Crippen molar-refractivity contribution in [1.82, 2.24) is 10.6 Å². The Morgan fingerprint density at radius 3 is 2.68 bits per heavy atom. The van der Waals surface area contributed by atoms with Crippen molar-refractivity contribution < 1.29 is 9.53 Å². The van der Waals surface area contributed by atoms with E-state index in [9.17, 15) is 4.79 Å². The molecule has 0 saturated heterocycles. The van der Waals surface area contributed by atoms with E-state index in [1.807, 2.05) is 18.2 Å². The Bertz CT molecular complexity index is 437. The minimum absolute atomic E-state index is 0.137. The summed E-state index contributed by atoms with van der Waals surface area (Å²) in [6.45, 7) is 6.75. The second-order valence-electron chi connectivity index (χ2n) is 4.34. The Morgan fingerprint density at radius 1 is 1.42 bits per heavy atom. The van der Waals surface area contributed by atoms with E-state index in [1.54, 1.807) is 14.0 Å². The number of amides is 1. The van der Waals surface area contributed by atoms with Crippen LogP contribution in [0.25, 0.3) is 0 Å². The molecule has 0 saturated carbocycles. The van der Waals surface area contributed by atoms with Gasteiger partial charge in [0.1, 0.15) is 5.75 Å². The van der Waals surface area contributed by atoms with E-state index < -0.39 is 6.10 Å². The fourth-order valence-electron chi connectivity index (χ4n) is 1.83. The third-order valence-corrected chi connectivity index (χ3v) is 3.37. The molecule has 106 valence electrons. The average Bonchev–Trinajstić information content (AvgIpc) is 2.38. The van der Waals surface area contributed by atoms with Crippen molar-refractivity contribution in [3.8, 4) is 5.75 Å². The predicted molar refractivity (Wildman–Crippen MR) is 80.4 cm³/mol. The second kappa shape index (κ2) is 7.50. The molecule has 0 aromatic heterocycles. The summed E-state index contributed by atoms with van der Waals surface area (Å²) in [5.41, 5.74) is 1.04. The van der Waals surface area contributed by atoms with E-state index >= 15 is 0 Å². The molecule has 1 aromatic carbocycles. The van der Waals surface area contributed by atoms with E-state index in [-0.39, 0.29) is 11.9 Å². The molecule has 0 fully saturated rings. The summed E-state index contributed by atoms with van der Waals surface area (Å²) in [6.07, 6.45) is -0.521. The van der Waals surface area contributed by atoms with Crippen LogP contribution in [0.1, 0.15) is 32.4 Å². The normalized spacial score (nSPS) is 13.7. The Hall–Kier alpha value is -1.07. The number of carbonyl (C=O) groups is 1. The van der Waals surface area contributed by atoms with Gasteiger partial charge < -0.3 is 15.4 Å². The number of ether oxygens (including phenoxy) is 1. The highest BCUT2D eigenvalue weighted by molar-refractivity contribution is 9.10. The molecule has 4 nitrogen and oxygen atoms in total. The maximum atomic E-state index is 11.5. The molecule has 2 N–H and O–H groups in total. The molecular weight excluding hydrogens is 308 g/mol. The highest BCUT2D eigenvalue weighted by Crippen LogP contribution is 2.29. The minimum atomic E-state index is -0.521. The molecule has 1 aromatic rings. The summed E-state index contributed by atoms with van der Waals surface area (Å²) < 4.78 is 6.69. The molecule has 0 aliphatic heterocycles. The highest BCUT2D eigenvalue weighted by atomic mass is 79.9. The Labute approximate surface area is 123 Å². The average molecular weight is 329 g/mol. The zero-order valence-corrected chi connectivity index (χ0v) is 13.4. The summed E-state index contributed by atoms with van der Waals surface area (Å²) in [5.74, 6) is 0.584. The van der Waals surface area contributed by atoms with Gasteiger partial charge in [-0.1, -0.05) is 28.9 Å². The molecule has 0 radical (unpaired) electrons. The van der Waals surface area contributed by atoms with Crippen molar-refractivity contribution in [1.29, 1.82) is 0 Å². The first kappa shape index (κ1) is 16.0. The Morgan fingerprint density at radius 2 is 2.11 bits per heavy atom. The molecular formula is C14H21BrN2O2. The van der Waals surface area contributed by atoms with Crippen molar-refractivity contribution >= 4 is 21.8 Å². The van der Waals surface area contributed by atoms with Gasteiger partial charge in [0.2, 0.25) is 0 Å². The van der Waals surface area contributed by atoms with Crippen molar-refractivity contribution in [3.05, 3.63) is 28.2 Å². The van der Waals surface area contributed by atoms with E-state index in [2.05, 4.69) is 40.4 Å². The van der Waals surface area contributed by atoms with Crippen LogP contribution >= 0.6 is 15.9 Å². The maximum Gasteiger partial charge on any atom is 0.260 e. The lowest BCUT2D eigenvalue weighted by atomic mass is 10.1. The van der Waals surface area contributed by atoms with Gasteiger partial charge in [-0.2, -0.15) is 0 Å². The van der Waals surface area contributed by atoms with Gasteiger partial charge in [0.15, 0.2) is 6.10 Å². The van der Waals surface area contributed by atoms with E-state index in [0.29, 0.717) is 0 Å². The van der Waals surface area contributed by atoms with Gasteiger partial charge in [-0.25, -0.2) is 0 Å². The van der Waals surface area contributed by atoms with E-state index in [4.69, 9.17) is 4.74 Å². The minimum Gasteiger partial charge on any atom is -0.481 e. The summed E-state index contributed by atoms with van der Waals surface area (Å²) in [6, 6.07) is 6.04. The molecule has 0 aliphatic carbocycles. The smallest absolute Gasteiger partial charge is 0.260 e. The number of halogens is 1. The monoisotopic (exact) mass is 328 g/mol. The zero-order valence-electron chi connectivity index (χ0n) is 11.8. The first-order valence-corrected chi connectivity index (χ1v) is 7.20. The number of nitrogens with one attached hydrogen (secondary N) is 2. The number of rotatable bonds is 6. The number of benzene rings is 1. The van der Waals surface area contributed by atoms with Crippen LogP contribution in [0.5, 0.6) is 5.75 Å². The third kappa shape index (κ3) is 4.51. The van der Waals surface area contributed by atoms with Crippen molar-refractivity contribution in [2.75, 3.05) is 13.6 Å². The van der Waals surface area contributed by atoms with Gasteiger partial charge in [-0.3, -0.25) is 4.79 Å². The van der Waals surface area contributed by atoms with Gasteiger partial charge in [0.05, 0.1) is 0 Å². The molecule has 1 rings (SSSR count). The molecule has 0 spiro atoms. The lowest BCUT2D eigenvalue weighted by Crippen LogP contribution is -2.34. The van der Waals surface area contributed by atoms with Gasteiger partial charge in [-0.05, 0) is 32.5 Å². The van der Waals surface area contributed by atoms with Gasteiger partial charge in [-0.15, -0.1) is 0 Å². The van der Waals surface area contributed by atoms with Gasteiger partial charge in [0.25, 0.3) is 5.91 Å². The van der Waals surface area contributed by atoms with E-state index in [1.165, 1.54) is 0 Å². The number of likely N-dealkylation sites (N-methyl/N-ethyl adjacent to an activating group) is 1. The molecule has 0 bridgehead atoms. The fraction of sp³-hybridized carbons (Fsp3) is 0.500. The highest BCUT2D eigenvalue weighted by Gasteiger charge is 2.17. The largest absolute Gasteiger partial charge is 0.481 e. The Kier molecular flexibility index (Phi) is 6.31. The summed E-state index contributed by atoms with van der Waals surface area (Å²) in [7, 11) is 1.60. The predicted octanol–water partition coefficient (Wildman–Crippen LogP) is 2.63. The lowest BCUT2D eigenvalue weighted by Gasteiger charge is -2.20. The Balaban J connectivity index is 2.97. The summed E-state index contributed by atoms with van der Waals surface area (Å²) in [4.78, 5) is 11.5. The first-order valence-electron chi connectivity index (χ1n) is 6.40. The van der Waals surface area contributed by atoms with Crippen LogP contribution in [-0.4, -0.2) is 25.6 Å². The SMILES string of the molecule is CCNC(C)c1ccc(Br)cc1OC(C)C(=O)NC. The third-order valence-electron chi connectivity index (χ3n) is 2.87. The van der Waals surface area contributed by atoms with Crippen LogP contribution in [0, 0.1) is 0 Å². The first-order chi connectivity index (χ1) is 8.99. The standard InChI is InChI=1S/C14H21BrN2O2/c1-5-17-9(2)12-7-6-11(15)8-13(12)19-10(3)14(18)16-4/h6-10,17H,5H2,1-4H3,(H,16,18). The summed E-state index contributed by atoms with van der Waals surface area (Å²) >= 11 is 3.43. The molecule has 0 heterocycles. The van der Waals surface area contributed by atoms with Gasteiger partial charge in [0, 0.05) is 23.1 Å². The van der Waals surface area contributed by atoms with Crippen LogP contribution in [0.3, 0.4) is 0 Å². The van der Waals surface area contributed by atoms with Crippen LogP contribution in [0.4, 0.5) is 0 Å². The van der Waals surface area contributed by atoms with Crippen LogP contribution in [-0.2, 0) is 4.79 Å².